The normalized spacial score (nSPS) is 15.7. The van der Waals surface area contributed by atoms with Crippen molar-refractivity contribution in [3.05, 3.63) is 28.2 Å². The molecule has 0 aromatic carbocycles. The standard InChI is InChI=1S/C12H15N3O3S2/c1-8-10(19-7-14-8)4-5-15-20(16,17)11-6-13-12(18-11)9-2-3-9/h6-7,9,15H,2-5H2,1H3. The number of oxazole rings is 1. The fourth-order valence-electron chi connectivity index (χ4n) is 1.85. The molecule has 0 spiro atoms. The lowest BCUT2D eigenvalue weighted by Gasteiger charge is -2.03. The number of hydrogen-bond acceptors (Lipinski definition) is 6. The monoisotopic (exact) mass is 313 g/mol. The van der Waals surface area contributed by atoms with E-state index in [0.717, 1.165) is 23.4 Å². The maximum Gasteiger partial charge on any atom is 0.275 e. The summed E-state index contributed by atoms with van der Waals surface area (Å²) in [5, 5.41) is -0.0968. The third-order valence-electron chi connectivity index (χ3n) is 3.18. The maximum absolute atomic E-state index is 12.0. The zero-order valence-corrected chi connectivity index (χ0v) is 12.6. The fourth-order valence-corrected chi connectivity index (χ4v) is 3.53. The summed E-state index contributed by atoms with van der Waals surface area (Å²) < 4.78 is 31.9. The molecule has 0 aliphatic heterocycles. The number of aryl methyl sites for hydroxylation is 1. The Balaban J connectivity index is 1.61. The topological polar surface area (TPSA) is 85.1 Å². The van der Waals surface area contributed by atoms with Gasteiger partial charge < -0.3 is 4.42 Å². The molecule has 2 heterocycles. The van der Waals surface area contributed by atoms with Gasteiger partial charge in [-0.2, -0.15) is 0 Å². The molecule has 1 N–H and O–H groups in total. The van der Waals surface area contributed by atoms with Crippen molar-refractivity contribution in [2.45, 2.75) is 37.2 Å². The van der Waals surface area contributed by atoms with Crippen LogP contribution in [0, 0.1) is 6.92 Å². The summed E-state index contributed by atoms with van der Waals surface area (Å²) >= 11 is 1.53. The summed E-state index contributed by atoms with van der Waals surface area (Å²) in [4.78, 5) is 9.24. The van der Waals surface area contributed by atoms with E-state index in [0.29, 0.717) is 24.8 Å². The minimum absolute atomic E-state index is 0.0968. The van der Waals surface area contributed by atoms with Crippen molar-refractivity contribution in [2.75, 3.05) is 6.54 Å². The lowest BCUT2D eigenvalue weighted by atomic mass is 10.3. The average molecular weight is 313 g/mol. The van der Waals surface area contributed by atoms with Crippen LogP contribution in [0.15, 0.2) is 21.2 Å². The van der Waals surface area contributed by atoms with Crippen LogP contribution in [0.3, 0.4) is 0 Å². The quantitative estimate of drug-likeness (QED) is 0.879. The van der Waals surface area contributed by atoms with Gasteiger partial charge in [0.15, 0.2) is 5.89 Å². The van der Waals surface area contributed by atoms with Gasteiger partial charge in [0.2, 0.25) is 0 Å². The SMILES string of the molecule is Cc1ncsc1CCNS(=O)(=O)c1cnc(C2CC2)o1. The summed E-state index contributed by atoms with van der Waals surface area (Å²) in [6.07, 6.45) is 3.96. The Morgan fingerprint density at radius 3 is 2.90 bits per heavy atom. The molecule has 8 heteroatoms. The smallest absolute Gasteiger partial charge is 0.275 e. The van der Waals surface area contributed by atoms with E-state index in [9.17, 15) is 8.42 Å². The van der Waals surface area contributed by atoms with Crippen LogP contribution in [0.4, 0.5) is 0 Å². The van der Waals surface area contributed by atoms with Crippen LogP contribution >= 0.6 is 11.3 Å². The first kappa shape index (κ1) is 13.7. The lowest BCUT2D eigenvalue weighted by molar-refractivity contribution is 0.406. The van der Waals surface area contributed by atoms with Gasteiger partial charge in [0.05, 0.1) is 17.4 Å². The van der Waals surface area contributed by atoms with E-state index < -0.39 is 10.0 Å². The van der Waals surface area contributed by atoms with Gasteiger partial charge in [0.1, 0.15) is 0 Å². The van der Waals surface area contributed by atoms with E-state index in [2.05, 4.69) is 14.7 Å². The number of aromatic nitrogens is 2. The number of hydrogen-bond donors (Lipinski definition) is 1. The molecule has 2 aromatic heterocycles. The number of sulfonamides is 1. The molecule has 0 amide bonds. The van der Waals surface area contributed by atoms with Crippen LogP contribution in [0.1, 0.15) is 35.2 Å². The predicted octanol–water partition coefficient (Wildman–Crippen LogP) is 1.84. The van der Waals surface area contributed by atoms with Crippen molar-refractivity contribution in [1.82, 2.24) is 14.7 Å². The van der Waals surface area contributed by atoms with Crippen LogP contribution in [-0.2, 0) is 16.4 Å². The van der Waals surface area contributed by atoms with Crippen molar-refractivity contribution < 1.29 is 12.8 Å². The highest BCUT2D eigenvalue weighted by Gasteiger charge is 2.30. The second-order valence-corrected chi connectivity index (χ2v) is 7.44. The zero-order chi connectivity index (χ0) is 14.2. The minimum Gasteiger partial charge on any atom is -0.428 e. The van der Waals surface area contributed by atoms with Gasteiger partial charge in [-0.3, -0.25) is 0 Å². The van der Waals surface area contributed by atoms with E-state index in [1.807, 2.05) is 6.92 Å². The Bertz CT molecular complexity index is 701. The molecule has 0 saturated heterocycles. The molecular weight excluding hydrogens is 298 g/mol. The zero-order valence-electron chi connectivity index (χ0n) is 11.0. The van der Waals surface area contributed by atoms with Gasteiger partial charge >= 0.3 is 0 Å². The molecule has 0 atom stereocenters. The average Bonchev–Trinajstić information content (AvgIpc) is 2.98. The molecule has 3 rings (SSSR count). The van der Waals surface area contributed by atoms with E-state index in [1.165, 1.54) is 17.5 Å². The molecule has 0 bridgehead atoms. The second-order valence-electron chi connectivity index (χ2n) is 4.80. The molecule has 1 aliphatic carbocycles. The number of rotatable bonds is 6. The van der Waals surface area contributed by atoms with Crippen LogP contribution < -0.4 is 4.72 Å². The Morgan fingerprint density at radius 1 is 1.45 bits per heavy atom. The fraction of sp³-hybridized carbons (Fsp3) is 0.500. The number of nitrogens with one attached hydrogen (secondary N) is 1. The summed E-state index contributed by atoms with van der Waals surface area (Å²) in [6, 6.07) is 0. The highest BCUT2D eigenvalue weighted by atomic mass is 32.2. The van der Waals surface area contributed by atoms with Gasteiger partial charge in [-0.05, 0) is 26.2 Å². The first-order valence-corrected chi connectivity index (χ1v) is 8.77. The van der Waals surface area contributed by atoms with Gasteiger partial charge in [0, 0.05) is 17.3 Å². The summed E-state index contributed by atoms with van der Waals surface area (Å²) in [5.74, 6) is 0.836. The minimum atomic E-state index is -3.61. The Kier molecular flexibility index (Phi) is 3.61. The molecule has 1 aliphatic rings. The molecule has 0 unspecified atom stereocenters. The van der Waals surface area contributed by atoms with Crippen LogP contribution in [0.25, 0.3) is 0 Å². The lowest BCUT2D eigenvalue weighted by Crippen LogP contribution is -2.25. The van der Waals surface area contributed by atoms with Gasteiger partial charge in [-0.1, -0.05) is 0 Å². The largest absolute Gasteiger partial charge is 0.428 e. The van der Waals surface area contributed by atoms with Crippen LogP contribution in [0.2, 0.25) is 0 Å². The van der Waals surface area contributed by atoms with Crippen molar-refractivity contribution in [1.29, 1.82) is 0 Å². The molecule has 1 saturated carbocycles. The second kappa shape index (κ2) is 5.27. The predicted molar refractivity (Wildman–Crippen MR) is 74.2 cm³/mol. The van der Waals surface area contributed by atoms with Crippen molar-refractivity contribution in [2.24, 2.45) is 0 Å². The molecule has 20 heavy (non-hydrogen) atoms. The van der Waals surface area contributed by atoms with E-state index in [1.54, 1.807) is 5.51 Å². The van der Waals surface area contributed by atoms with Crippen molar-refractivity contribution in [3.8, 4) is 0 Å². The summed E-state index contributed by atoms with van der Waals surface area (Å²) in [7, 11) is -3.61. The van der Waals surface area contributed by atoms with E-state index >= 15 is 0 Å². The van der Waals surface area contributed by atoms with Gasteiger partial charge in [0.25, 0.3) is 15.1 Å². The highest BCUT2D eigenvalue weighted by molar-refractivity contribution is 7.89. The Hall–Kier alpha value is -1.25. The molecule has 6 nitrogen and oxygen atoms in total. The molecular formula is C12H15N3O3S2. The third-order valence-corrected chi connectivity index (χ3v) is 5.48. The maximum atomic E-state index is 12.0. The highest BCUT2D eigenvalue weighted by Crippen LogP contribution is 2.39. The first-order chi connectivity index (χ1) is 9.56. The van der Waals surface area contributed by atoms with E-state index in [-0.39, 0.29) is 5.09 Å². The van der Waals surface area contributed by atoms with Gasteiger partial charge in [-0.25, -0.2) is 23.1 Å². The van der Waals surface area contributed by atoms with Crippen molar-refractivity contribution >= 4 is 21.4 Å². The summed E-state index contributed by atoms with van der Waals surface area (Å²) in [5.41, 5.74) is 2.71. The molecule has 2 aromatic rings. The molecule has 0 radical (unpaired) electrons. The third kappa shape index (κ3) is 2.92. The Morgan fingerprint density at radius 2 is 2.25 bits per heavy atom. The van der Waals surface area contributed by atoms with Gasteiger partial charge in [-0.15, -0.1) is 11.3 Å². The van der Waals surface area contributed by atoms with Crippen LogP contribution in [0.5, 0.6) is 0 Å². The first-order valence-electron chi connectivity index (χ1n) is 6.40. The van der Waals surface area contributed by atoms with E-state index in [4.69, 9.17) is 4.42 Å². The van der Waals surface area contributed by atoms with Crippen molar-refractivity contribution in [3.63, 3.8) is 0 Å². The number of nitrogens with zero attached hydrogens (tertiary/aromatic N) is 2. The van der Waals surface area contributed by atoms with Crippen LogP contribution in [-0.4, -0.2) is 24.9 Å². The number of thiazole rings is 1. The molecule has 108 valence electrons. The summed E-state index contributed by atoms with van der Waals surface area (Å²) in [6.45, 7) is 2.24. The Labute approximate surface area is 121 Å². The molecule has 1 fully saturated rings.